The normalized spacial score (nSPS) is 14.8. The summed E-state index contributed by atoms with van der Waals surface area (Å²) < 4.78 is 0. The van der Waals surface area contributed by atoms with Gasteiger partial charge in [-0.15, -0.1) is 0 Å². The molecule has 3 heteroatoms. The number of aromatic nitrogens is 2. The monoisotopic (exact) mass is 266 g/mol. The number of ketones is 1. The van der Waals surface area contributed by atoms with Crippen LogP contribution in [-0.2, 0) is 12.8 Å². The zero-order valence-corrected chi connectivity index (χ0v) is 11.7. The number of carbonyl (C=O) groups excluding carboxylic acids is 1. The third kappa shape index (κ3) is 2.77. The molecule has 1 aliphatic carbocycles. The Kier molecular flexibility index (Phi) is 3.59. The Bertz CT molecular complexity index is 649. The summed E-state index contributed by atoms with van der Waals surface area (Å²) in [4.78, 5) is 20.9. The average Bonchev–Trinajstić information content (AvgIpc) is 2.61. The highest BCUT2D eigenvalue weighted by Crippen LogP contribution is 2.19. The lowest BCUT2D eigenvalue weighted by atomic mass is 10.1. The van der Waals surface area contributed by atoms with Crippen molar-refractivity contribution in [3.8, 4) is 0 Å². The standard InChI is InChI=1S/C17H18N2O/c1-12-5-4-6-13(9-12)10-17-18-11-14-15(19-17)7-2-3-8-16(14)20/h4-6,9,11H,2-3,7-8,10H2,1H3. The molecule has 0 fully saturated rings. The summed E-state index contributed by atoms with van der Waals surface area (Å²) in [5, 5.41) is 0. The molecule has 0 aliphatic heterocycles. The molecule has 0 amide bonds. The predicted molar refractivity (Wildman–Crippen MR) is 77.9 cm³/mol. The molecular weight excluding hydrogens is 248 g/mol. The number of carbonyl (C=O) groups is 1. The molecule has 0 unspecified atom stereocenters. The van der Waals surface area contributed by atoms with Crippen LogP contribution in [0.1, 0.15) is 52.3 Å². The number of Topliss-reactive ketones (excluding diaryl/α,β-unsaturated/α-hetero) is 1. The van der Waals surface area contributed by atoms with E-state index in [2.05, 4.69) is 41.2 Å². The summed E-state index contributed by atoms with van der Waals surface area (Å²) in [6, 6.07) is 8.38. The van der Waals surface area contributed by atoms with Gasteiger partial charge < -0.3 is 0 Å². The van der Waals surface area contributed by atoms with E-state index in [9.17, 15) is 4.79 Å². The van der Waals surface area contributed by atoms with Crippen LogP contribution in [0.2, 0.25) is 0 Å². The number of benzene rings is 1. The van der Waals surface area contributed by atoms with Crippen LogP contribution < -0.4 is 0 Å². The number of aryl methyl sites for hydroxylation is 2. The van der Waals surface area contributed by atoms with E-state index in [4.69, 9.17) is 0 Å². The SMILES string of the molecule is Cc1cccc(Cc2ncc3c(n2)CCCCC3=O)c1. The summed E-state index contributed by atoms with van der Waals surface area (Å²) >= 11 is 0. The van der Waals surface area contributed by atoms with Gasteiger partial charge in [-0.05, 0) is 31.7 Å². The second-order valence-electron chi connectivity index (χ2n) is 5.44. The third-order valence-corrected chi connectivity index (χ3v) is 3.73. The first-order valence-electron chi connectivity index (χ1n) is 7.16. The number of hydrogen-bond acceptors (Lipinski definition) is 3. The topological polar surface area (TPSA) is 42.9 Å². The molecule has 3 rings (SSSR count). The Labute approximate surface area is 119 Å². The fourth-order valence-electron chi connectivity index (χ4n) is 2.68. The van der Waals surface area contributed by atoms with E-state index in [1.54, 1.807) is 6.20 Å². The summed E-state index contributed by atoms with van der Waals surface area (Å²) in [7, 11) is 0. The molecule has 1 heterocycles. The van der Waals surface area contributed by atoms with E-state index in [1.807, 2.05) is 0 Å². The molecule has 0 atom stereocenters. The molecule has 3 nitrogen and oxygen atoms in total. The van der Waals surface area contributed by atoms with Crippen molar-refractivity contribution in [2.45, 2.75) is 39.0 Å². The summed E-state index contributed by atoms with van der Waals surface area (Å²) in [6.45, 7) is 2.08. The fourth-order valence-corrected chi connectivity index (χ4v) is 2.68. The van der Waals surface area contributed by atoms with Crippen molar-refractivity contribution < 1.29 is 4.79 Å². The Hall–Kier alpha value is -2.03. The van der Waals surface area contributed by atoms with Crippen LogP contribution in [0.15, 0.2) is 30.5 Å². The molecule has 0 N–H and O–H groups in total. The van der Waals surface area contributed by atoms with Crippen LogP contribution in [0.4, 0.5) is 0 Å². The summed E-state index contributed by atoms with van der Waals surface area (Å²) in [5.74, 6) is 1.00. The van der Waals surface area contributed by atoms with Crippen LogP contribution in [-0.4, -0.2) is 15.8 Å². The van der Waals surface area contributed by atoms with E-state index >= 15 is 0 Å². The molecule has 0 radical (unpaired) electrons. The van der Waals surface area contributed by atoms with Crippen molar-refractivity contribution in [1.29, 1.82) is 0 Å². The predicted octanol–water partition coefficient (Wildman–Crippen LogP) is 3.28. The highest BCUT2D eigenvalue weighted by atomic mass is 16.1. The van der Waals surface area contributed by atoms with Gasteiger partial charge in [-0.2, -0.15) is 0 Å². The van der Waals surface area contributed by atoms with Gasteiger partial charge in [-0.25, -0.2) is 9.97 Å². The maximum absolute atomic E-state index is 11.9. The van der Waals surface area contributed by atoms with Gasteiger partial charge in [-0.3, -0.25) is 4.79 Å². The smallest absolute Gasteiger partial charge is 0.166 e. The van der Waals surface area contributed by atoms with Crippen molar-refractivity contribution in [2.24, 2.45) is 0 Å². The highest BCUT2D eigenvalue weighted by molar-refractivity contribution is 5.97. The van der Waals surface area contributed by atoms with Gasteiger partial charge >= 0.3 is 0 Å². The highest BCUT2D eigenvalue weighted by Gasteiger charge is 2.17. The molecule has 0 saturated carbocycles. The lowest BCUT2D eigenvalue weighted by Gasteiger charge is -2.07. The van der Waals surface area contributed by atoms with E-state index in [0.29, 0.717) is 6.42 Å². The zero-order valence-electron chi connectivity index (χ0n) is 11.7. The molecule has 1 aliphatic rings. The molecule has 0 saturated heterocycles. The fraction of sp³-hybridized carbons (Fsp3) is 0.353. The zero-order chi connectivity index (χ0) is 13.9. The van der Waals surface area contributed by atoms with Gasteiger partial charge in [0.2, 0.25) is 0 Å². The Balaban J connectivity index is 1.88. The van der Waals surface area contributed by atoms with Crippen LogP contribution in [0.5, 0.6) is 0 Å². The minimum atomic E-state index is 0.194. The molecule has 102 valence electrons. The first kappa shape index (κ1) is 13.0. The van der Waals surface area contributed by atoms with Crippen LogP contribution in [0, 0.1) is 6.92 Å². The molecular formula is C17H18N2O. The molecule has 1 aromatic heterocycles. The third-order valence-electron chi connectivity index (χ3n) is 3.73. The Morgan fingerprint density at radius 3 is 2.90 bits per heavy atom. The van der Waals surface area contributed by atoms with Gasteiger partial charge in [0.05, 0.1) is 11.3 Å². The second-order valence-corrected chi connectivity index (χ2v) is 5.44. The molecule has 0 bridgehead atoms. The van der Waals surface area contributed by atoms with Gasteiger partial charge in [-0.1, -0.05) is 29.8 Å². The minimum Gasteiger partial charge on any atom is -0.294 e. The number of rotatable bonds is 2. The van der Waals surface area contributed by atoms with Gasteiger partial charge in [0.1, 0.15) is 5.82 Å². The van der Waals surface area contributed by atoms with Gasteiger partial charge in [0, 0.05) is 19.0 Å². The van der Waals surface area contributed by atoms with E-state index in [0.717, 1.165) is 42.8 Å². The largest absolute Gasteiger partial charge is 0.294 e. The van der Waals surface area contributed by atoms with E-state index in [-0.39, 0.29) is 5.78 Å². The van der Waals surface area contributed by atoms with Crippen molar-refractivity contribution in [2.75, 3.05) is 0 Å². The van der Waals surface area contributed by atoms with Crippen LogP contribution in [0.25, 0.3) is 0 Å². The number of hydrogen-bond donors (Lipinski definition) is 0. The Morgan fingerprint density at radius 2 is 2.05 bits per heavy atom. The lowest BCUT2D eigenvalue weighted by molar-refractivity contribution is 0.0981. The second kappa shape index (κ2) is 5.53. The first-order chi connectivity index (χ1) is 9.72. The molecule has 1 aromatic carbocycles. The quantitative estimate of drug-likeness (QED) is 0.783. The van der Waals surface area contributed by atoms with Gasteiger partial charge in [0.25, 0.3) is 0 Å². The van der Waals surface area contributed by atoms with Crippen molar-refractivity contribution in [1.82, 2.24) is 9.97 Å². The van der Waals surface area contributed by atoms with Crippen LogP contribution >= 0.6 is 0 Å². The lowest BCUT2D eigenvalue weighted by Crippen LogP contribution is -2.07. The van der Waals surface area contributed by atoms with Gasteiger partial charge in [0.15, 0.2) is 5.78 Å². The Morgan fingerprint density at radius 1 is 1.20 bits per heavy atom. The van der Waals surface area contributed by atoms with E-state index < -0.39 is 0 Å². The number of nitrogens with zero attached hydrogens (tertiary/aromatic N) is 2. The summed E-state index contributed by atoms with van der Waals surface area (Å²) in [5.41, 5.74) is 4.12. The average molecular weight is 266 g/mol. The van der Waals surface area contributed by atoms with E-state index in [1.165, 1.54) is 11.1 Å². The maximum atomic E-state index is 11.9. The molecule has 20 heavy (non-hydrogen) atoms. The van der Waals surface area contributed by atoms with Crippen molar-refractivity contribution in [3.63, 3.8) is 0 Å². The van der Waals surface area contributed by atoms with Crippen molar-refractivity contribution in [3.05, 3.63) is 58.7 Å². The van der Waals surface area contributed by atoms with Crippen LogP contribution in [0.3, 0.4) is 0 Å². The minimum absolute atomic E-state index is 0.194. The number of fused-ring (bicyclic) bond motifs is 1. The molecule has 0 spiro atoms. The summed E-state index contributed by atoms with van der Waals surface area (Å²) in [6.07, 6.45) is 5.98. The molecule has 2 aromatic rings. The van der Waals surface area contributed by atoms with Crippen molar-refractivity contribution >= 4 is 5.78 Å². The maximum Gasteiger partial charge on any atom is 0.166 e. The first-order valence-corrected chi connectivity index (χ1v) is 7.16.